The molecule has 1 N–H and O–H groups in total. The van der Waals surface area contributed by atoms with Crippen molar-refractivity contribution in [3.8, 4) is 11.5 Å². The molecule has 162 valence electrons. The lowest BCUT2D eigenvalue weighted by molar-refractivity contribution is 0.102. The Hall–Kier alpha value is -2.98. The summed E-state index contributed by atoms with van der Waals surface area (Å²) in [7, 11) is 0. The lowest BCUT2D eigenvalue weighted by atomic mass is 10.0. The molecule has 0 aliphatic heterocycles. The fraction of sp³-hybridized carbons (Fsp3) is 0.269. The van der Waals surface area contributed by atoms with Crippen LogP contribution in [0.4, 0.5) is 5.69 Å². The molecule has 0 aromatic heterocycles. The number of ether oxygens (including phenoxy) is 2. The van der Waals surface area contributed by atoms with Crippen LogP contribution < -0.4 is 14.8 Å². The van der Waals surface area contributed by atoms with Crippen LogP contribution >= 0.6 is 11.6 Å². The van der Waals surface area contributed by atoms with Gasteiger partial charge < -0.3 is 14.8 Å². The second-order valence-electron chi connectivity index (χ2n) is 7.65. The van der Waals surface area contributed by atoms with Gasteiger partial charge in [0.1, 0.15) is 18.1 Å². The van der Waals surface area contributed by atoms with Crippen LogP contribution in [0.15, 0.2) is 60.7 Å². The normalized spacial score (nSPS) is 10.8. The van der Waals surface area contributed by atoms with Gasteiger partial charge in [0.15, 0.2) is 0 Å². The van der Waals surface area contributed by atoms with Gasteiger partial charge in [-0.05, 0) is 67.3 Å². The van der Waals surface area contributed by atoms with Crippen LogP contribution in [0, 0.1) is 6.92 Å². The van der Waals surface area contributed by atoms with E-state index in [1.807, 2.05) is 56.3 Å². The Morgan fingerprint density at radius 3 is 2.48 bits per heavy atom. The molecule has 3 rings (SSSR count). The molecule has 4 nitrogen and oxygen atoms in total. The third kappa shape index (κ3) is 5.80. The number of aryl methyl sites for hydroxylation is 1. The van der Waals surface area contributed by atoms with Crippen molar-refractivity contribution in [2.24, 2.45) is 0 Å². The van der Waals surface area contributed by atoms with Crippen molar-refractivity contribution in [3.05, 3.63) is 87.9 Å². The van der Waals surface area contributed by atoms with E-state index in [4.69, 9.17) is 21.1 Å². The van der Waals surface area contributed by atoms with Crippen LogP contribution in [0.2, 0.25) is 5.02 Å². The fourth-order valence-corrected chi connectivity index (χ4v) is 3.43. The van der Waals surface area contributed by atoms with E-state index in [2.05, 4.69) is 25.2 Å². The number of anilines is 1. The van der Waals surface area contributed by atoms with Gasteiger partial charge in [-0.1, -0.05) is 49.7 Å². The molecule has 0 spiro atoms. The zero-order valence-corrected chi connectivity index (χ0v) is 19.1. The fourth-order valence-electron chi connectivity index (χ4n) is 3.25. The molecule has 0 unspecified atom stereocenters. The maximum atomic E-state index is 12.8. The first kappa shape index (κ1) is 22.7. The topological polar surface area (TPSA) is 47.6 Å². The quantitative estimate of drug-likeness (QED) is 0.412. The van der Waals surface area contributed by atoms with Gasteiger partial charge in [0.2, 0.25) is 0 Å². The Morgan fingerprint density at radius 1 is 1.00 bits per heavy atom. The number of para-hydroxylation sites is 1. The minimum atomic E-state index is -0.216. The largest absolute Gasteiger partial charge is 0.493 e. The lowest BCUT2D eigenvalue weighted by Crippen LogP contribution is -2.13. The summed E-state index contributed by atoms with van der Waals surface area (Å²) in [4.78, 5) is 12.8. The standard InChI is InChI=1S/C26H28ClNO3/c1-5-30-24-13-11-19(26(29)28-21-12-10-18(4)23(27)15-21)14-20(24)16-31-25-9-7-6-8-22(25)17(2)3/h6-15,17H,5,16H2,1-4H3,(H,28,29). The number of carbonyl (C=O) groups excluding carboxylic acids is 1. The first-order chi connectivity index (χ1) is 14.9. The smallest absolute Gasteiger partial charge is 0.255 e. The first-order valence-corrected chi connectivity index (χ1v) is 10.8. The highest BCUT2D eigenvalue weighted by Gasteiger charge is 2.14. The van der Waals surface area contributed by atoms with E-state index in [1.165, 1.54) is 0 Å². The summed E-state index contributed by atoms with van der Waals surface area (Å²) in [6.45, 7) is 8.95. The molecule has 0 saturated carbocycles. The number of rotatable bonds is 8. The Morgan fingerprint density at radius 2 is 1.77 bits per heavy atom. The third-order valence-electron chi connectivity index (χ3n) is 4.98. The molecular formula is C26H28ClNO3. The summed E-state index contributed by atoms with van der Waals surface area (Å²) in [6.07, 6.45) is 0. The van der Waals surface area contributed by atoms with Crippen LogP contribution in [0.25, 0.3) is 0 Å². The van der Waals surface area contributed by atoms with Crippen LogP contribution in [-0.2, 0) is 6.61 Å². The molecule has 0 bridgehead atoms. The summed E-state index contributed by atoms with van der Waals surface area (Å²) in [5.74, 6) is 1.68. The molecule has 0 radical (unpaired) electrons. The first-order valence-electron chi connectivity index (χ1n) is 10.4. The Balaban J connectivity index is 1.82. The second-order valence-corrected chi connectivity index (χ2v) is 8.06. The number of hydrogen-bond acceptors (Lipinski definition) is 3. The highest BCUT2D eigenvalue weighted by Crippen LogP contribution is 2.29. The van der Waals surface area contributed by atoms with Crippen LogP contribution in [-0.4, -0.2) is 12.5 Å². The van der Waals surface area contributed by atoms with Gasteiger partial charge in [0.25, 0.3) is 5.91 Å². The average Bonchev–Trinajstić information content (AvgIpc) is 2.76. The monoisotopic (exact) mass is 437 g/mol. The van der Waals surface area contributed by atoms with Crippen molar-refractivity contribution < 1.29 is 14.3 Å². The molecule has 0 aliphatic rings. The third-order valence-corrected chi connectivity index (χ3v) is 5.38. The van der Waals surface area contributed by atoms with Gasteiger partial charge in [-0.25, -0.2) is 0 Å². The Kier molecular flexibility index (Phi) is 7.59. The van der Waals surface area contributed by atoms with E-state index in [1.54, 1.807) is 12.1 Å². The van der Waals surface area contributed by atoms with Crippen molar-refractivity contribution in [2.45, 2.75) is 40.2 Å². The van der Waals surface area contributed by atoms with Gasteiger partial charge in [-0.2, -0.15) is 0 Å². The molecule has 31 heavy (non-hydrogen) atoms. The van der Waals surface area contributed by atoms with Gasteiger partial charge in [0.05, 0.1) is 6.61 Å². The average molecular weight is 438 g/mol. The van der Waals surface area contributed by atoms with E-state index >= 15 is 0 Å². The van der Waals surface area contributed by atoms with Crippen LogP contribution in [0.5, 0.6) is 11.5 Å². The Labute approximate surface area is 189 Å². The van der Waals surface area contributed by atoms with Gasteiger partial charge in [-0.15, -0.1) is 0 Å². The molecular weight excluding hydrogens is 410 g/mol. The van der Waals surface area contributed by atoms with Gasteiger partial charge in [0, 0.05) is 21.8 Å². The summed E-state index contributed by atoms with van der Waals surface area (Å²) < 4.78 is 11.9. The van der Waals surface area contributed by atoms with E-state index in [0.29, 0.717) is 41.2 Å². The Bertz CT molecular complexity index is 1060. The highest BCUT2D eigenvalue weighted by atomic mass is 35.5. The van der Waals surface area contributed by atoms with Gasteiger partial charge in [-0.3, -0.25) is 4.79 Å². The summed E-state index contributed by atoms with van der Waals surface area (Å²) in [5, 5.41) is 3.51. The summed E-state index contributed by atoms with van der Waals surface area (Å²) in [5.41, 5.74) is 4.09. The summed E-state index contributed by atoms with van der Waals surface area (Å²) >= 11 is 6.17. The van der Waals surface area contributed by atoms with E-state index in [0.717, 1.165) is 22.4 Å². The molecule has 0 fully saturated rings. The number of amides is 1. The zero-order chi connectivity index (χ0) is 22.4. The molecule has 1 amide bonds. The number of nitrogens with one attached hydrogen (secondary N) is 1. The van der Waals surface area contributed by atoms with Crippen molar-refractivity contribution in [1.29, 1.82) is 0 Å². The predicted molar refractivity (Wildman–Crippen MR) is 127 cm³/mol. The molecule has 0 saturated heterocycles. The molecule has 3 aromatic carbocycles. The lowest BCUT2D eigenvalue weighted by Gasteiger charge is -2.16. The van der Waals surface area contributed by atoms with Crippen molar-refractivity contribution in [1.82, 2.24) is 0 Å². The molecule has 3 aromatic rings. The maximum absolute atomic E-state index is 12.8. The zero-order valence-electron chi connectivity index (χ0n) is 18.4. The van der Waals surface area contributed by atoms with Crippen molar-refractivity contribution in [3.63, 3.8) is 0 Å². The number of hydrogen-bond donors (Lipinski definition) is 1. The minimum Gasteiger partial charge on any atom is -0.493 e. The van der Waals surface area contributed by atoms with Crippen LogP contribution in [0.1, 0.15) is 53.7 Å². The maximum Gasteiger partial charge on any atom is 0.255 e. The van der Waals surface area contributed by atoms with E-state index < -0.39 is 0 Å². The second kappa shape index (κ2) is 10.4. The van der Waals surface area contributed by atoms with Crippen molar-refractivity contribution in [2.75, 3.05) is 11.9 Å². The summed E-state index contributed by atoms with van der Waals surface area (Å²) in [6, 6.07) is 18.8. The SMILES string of the molecule is CCOc1ccc(C(=O)Nc2ccc(C)c(Cl)c2)cc1COc1ccccc1C(C)C. The number of halogens is 1. The minimum absolute atomic E-state index is 0.216. The highest BCUT2D eigenvalue weighted by molar-refractivity contribution is 6.31. The molecule has 5 heteroatoms. The molecule has 0 heterocycles. The van der Waals surface area contributed by atoms with E-state index in [-0.39, 0.29) is 5.91 Å². The predicted octanol–water partition coefficient (Wildman–Crippen LogP) is 7.00. The van der Waals surface area contributed by atoms with Crippen LogP contribution in [0.3, 0.4) is 0 Å². The number of carbonyl (C=O) groups is 1. The molecule has 0 atom stereocenters. The van der Waals surface area contributed by atoms with E-state index in [9.17, 15) is 4.79 Å². The number of benzene rings is 3. The van der Waals surface area contributed by atoms with Crippen molar-refractivity contribution >= 4 is 23.2 Å². The van der Waals surface area contributed by atoms with Gasteiger partial charge >= 0.3 is 0 Å². The molecule has 0 aliphatic carbocycles.